The van der Waals surface area contributed by atoms with Gasteiger partial charge in [-0.2, -0.15) is 0 Å². The predicted octanol–water partition coefficient (Wildman–Crippen LogP) is 3.65. The van der Waals surface area contributed by atoms with Crippen LogP contribution in [0.1, 0.15) is 34.7 Å². The molecule has 2 aromatic carbocycles. The third kappa shape index (κ3) is 4.76. The van der Waals surface area contributed by atoms with Gasteiger partial charge >= 0.3 is 5.97 Å². The third-order valence-corrected chi connectivity index (χ3v) is 4.83. The molecule has 0 saturated carbocycles. The molecule has 5 nitrogen and oxygen atoms in total. The smallest absolute Gasteiger partial charge is 0.335 e. The first-order valence-electron chi connectivity index (χ1n) is 8.98. The van der Waals surface area contributed by atoms with Gasteiger partial charge in [0.15, 0.2) is 0 Å². The average molecular weight is 355 g/mol. The van der Waals surface area contributed by atoms with E-state index in [0.29, 0.717) is 18.1 Å². The average Bonchev–Trinajstić information content (AvgIpc) is 2.68. The molecule has 0 unspecified atom stereocenters. The Kier molecular flexibility index (Phi) is 6.12. The van der Waals surface area contributed by atoms with Gasteiger partial charge in [-0.3, -0.25) is 4.90 Å². The number of piperidine rings is 1. The highest BCUT2D eigenvalue weighted by Crippen LogP contribution is 2.27. The van der Waals surface area contributed by atoms with Crippen molar-refractivity contribution >= 4 is 5.97 Å². The van der Waals surface area contributed by atoms with Crippen LogP contribution in [0.15, 0.2) is 48.5 Å². The molecule has 2 aromatic rings. The fourth-order valence-electron chi connectivity index (χ4n) is 3.44. The highest BCUT2D eigenvalue weighted by molar-refractivity contribution is 5.87. The second-order valence-electron chi connectivity index (χ2n) is 6.60. The molecule has 1 N–H and O–H groups in total. The van der Waals surface area contributed by atoms with Gasteiger partial charge in [0.05, 0.1) is 12.7 Å². The molecule has 0 bridgehead atoms. The largest absolute Gasteiger partial charge is 0.497 e. The molecule has 0 aliphatic carbocycles. The minimum absolute atomic E-state index is 0.362. The Bertz CT molecular complexity index is 746. The topological polar surface area (TPSA) is 59.0 Å². The maximum atomic E-state index is 11.2. The van der Waals surface area contributed by atoms with Crippen LogP contribution in [0.25, 0.3) is 0 Å². The number of ether oxygens (including phenoxy) is 2. The molecule has 5 heteroatoms. The van der Waals surface area contributed by atoms with Crippen LogP contribution >= 0.6 is 0 Å². The molecule has 1 saturated heterocycles. The van der Waals surface area contributed by atoms with Crippen LogP contribution in [0.3, 0.4) is 0 Å². The summed E-state index contributed by atoms with van der Waals surface area (Å²) in [4.78, 5) is 13.6. The zero-order chi connectivity index (χ0) is 18.4. The SMILES string of the molecule is COc1cccc(OCCN2CCC[C@H](c3cccc(C(=O)O)c3)C2)c1. The molecule has 1 aliphatic heterocycles. The van der Waals surface area contributed by atoms with Crippen LogP contribution in [0.4, 0.5) is 0 Å². The van der Waals surface area contributed by atoms with Crippen LogP contribution in [-0.4, -0.2) is 49.3 Å². The normalized spacial score (nSPS) is 17.7. The number of rotatable bonds is 7. The van der Waals surface area contributed by atoms with E-state index < -0.39 is 5.97 Å². The van der Waals surface area contributed by atoms with E-state index in [-0.39, 0.29) is 0 Å². The van der Waals surface area contributed by atoms with Gasteiger partial charge in [0.1, 0.15) is 18.1 Å². The molecule has 138 valence electrons. The number of hydrogen-bond donors (Lipinski definition) is 1. The summed E-state index contributed by atoms with van der Waals surface area (Å²) in [6.07, 6.45) is 2.21. The highest BCUT2D eigenvalue weighted by Gasteiger charge is 2.21. The lowest BCUT2D eigenvalue weighted by atomic mass is 9.90. The van der Waals surface area contributed by atoms with Gasteiger partial charge in [-0.05, 0) is 55.1 Å². The van der Waals surface area contributed by atoms with E-state index in [1.54, 1.807) is 13.2 Å². The van der Waals surface area contributed by atoms with Gasteiger partial charge in [0.2, 0.25) is 0 Å². The Labute approximate surface area is 154 Å². The maximum absolute atomic E-state index is 11.2. The molecule has 26 heavy (non-hydrogen) atoms. The van der Waals surface area contributed by atoms with Gasteiger partial charge < -0.3 is 14.6 Å². The Morgan fingerprint density at radius 1 is 1.19 bits per heavy atom. The van der Waals surface area contributed by atoms with Crippen molar-refractivity contribution in [1.82, 2.24) is 4.90 Å². The standard InChI is InChI=1S/C21H25NO4/c1-25-19-8-3-9-20(14-19)26-12-11-22-10-4-7-18(15-22)16-5-2-6-17(13-16)21(23)24/h2-3,5-6,8-9,13-14,18H,4,7,10-12,15H2,1H3,(H,23,24)/t18-/m0/s1. The maximum Gasteiger partial charge on any atom is 0.335 e. The molecule has 1 heterocycles. The van der Waals surface area contributed by atoms with Crippen molar-refractivity contribution in [3.8, 4) is 11.5 Å². The van der Waals surface area contributed by atoms with Crippen LogP contribution in [-0.2, 0) is 0 Å². The van der Waals surface area contributed by atoms with Gasteiger partial charge in [-0.25, -0.2) is 4.79 Å². The monoisotopic (exact) mass is 355 g/mol. The second-order valence-corrected chi connectivity index (χ2v) is 6.60. The Hall–Kier alpha value is -2.53. The summed E-state index contributed by atoms with van der Waals surface area (Å²) in [7, 11) is 1.65. The summed E-state index contributed by atoms with van der Waals surface area (Å²) in [5.41, 5.74) is 1.48. The van der Waals surface area contributed by atoms with E-state index in [2.05, 4.69) is 4.90 Å². The lowest BCUT2D eigenvalue weighted by molar-refractivity contribution is 0.0696. The van der Waals surface area contributed by atoms with Crippen molar-refractivity contribution < 1.29 is 19.4 Å². The molecule has 0 aromatic heterocycles. The quantitative estimate of drug-likeness (QED) is 0.821. The Morgan fingerprint density at radius 2 is 2.00 bits per heavy atom. The summed E-state index contributed by atoms with van der Waals surface area (Å²) >= 11 is 0. The van der Waals surface area contributed by atoms with Crippen LogP contribution in [0, 0.1) is 0 Å². The van der Waals surface area contributed by atoms with Crippen molar-refractivity contribution in [1.29, 1.82) is 0 Å². The number of carbonyl (C=O) groups is 1. The van der Waals surface area contributed by atoms with E-state index in [9.17, 15) is 9.90 Å². The second kappa shape index (κ2) is 8.72. The minimum Gasteiger partial charge on any atom is -0.497 e. The van der Waals surface area contributed by atoms with Crippen molar-refractivity contribution in [2.45, 2.75) is 18.8 Å². The molecule has 0 spiro atoms. The lowest BCUT2D eigenvalue weighted by Crippen LogP contribution is -2.37. The fraction of sp³-hybridized carbons (Fsp3) is 0.381. The highest BCUT2D eigenvalue weighted by atomic mass is 16.5. The number of nitrogens with zero attached hydrogens (tertiary/aromatic N) is 1. The van der Waals surface area contributed by atoms with Crippen LogP contribution in [0.2, 0.25) is 0 Å². The van der Waals surface area contributed by atoms with E-state index in [4.69, 9.17) is 9.47 Å². The minimum atomic E-state index is -0.869. The Morgan fingerprint density at radius 3 is 2.81 bits per heavy atom. The van der Waals surface area contributed by atoms with Crippen LogP contribution < -0.4 is 9.47 Å². The number of hydrogen-bond acceptors (Lipinski definition) is 4. The third-order valence-electron chi connectivity index (χ3n) is 4.83. The van der Waals surface area contributed by atoms with Crippen molar-refractivity contribution in [2.24, 2.45) is 0 Å². The van der Waals surface area contributed by atoms with Gasteiger partial charge in [0, 0.05) is 19.2 Å². The lowest BCUT2D eigenvalue weighted by Gasteiger charge is -2.33. The fourth-order valence-corrected chi connectivity index (χ4v) is 3.44. The van der Waals surface area contributed by atoms with Crippen molar-refractivity contribution in [3.63, 3.8) is 0 Å². The van der Waals surface area contributed by atoms with E-state index in [1.165, 1.54) is 0 Å². The number of methoxy groups -OCH3 is 1. The van der Waals surface area contributed by atoms with Crippen LogP contribution in [0.5, 0.6) is 11.5 Å². The zero-order valence-corrected chi connectivity index (χ0v) is 15.1. The number of aromatic carboxylic acids is 1. The van der Waals surface area contributed by atoms with Gasteiger partial charge in [-0.15, -0.1) is 0 Å². The van der Waals surface area contributed by atoms with Gasteiger partial charge in [0.25, 0.3) is 0 Å². The summed E-state index contributed by atoms with van der Waals surface area (Å²) in [5.74, 6) is 1.11. The molecule has 0 amide bonds. The van der Waals surface area contributed by atoms with Crippen molar-refractivity contribution in [2.75, 3.05) is 33.4 Å². The first kappa shape index (κ1) is 18.3. The summed E-state index contributed by atoms with van der Waals surface area (Å²) in [6, 6.07) is 15.0. The first-order valence-corrected chi connectivity index (χ1v) is 8.98. The molecule has 1 aliphatic rings. The molecule has 1 fully saturated rings. The summed E-state index contributed by atoms with van der Waals surface area (Å²) < 4.78 is 11.1. The predicted molar refractivity (Wildman–Crippen MR) is 100 cm³/mol. The van der Waals surface area contributed by atoms with Crippen molar-refractivity contribution in [3.05, 3.63) is 59.7 Å². The number of likely N-dealkylation sites (tertiary alicyclic amines) is 1. The summed E-state index contributed by atoms with van der Waals surface area (Å²) in [5, 5.41) is 9.19. The van der Waals surface area contributed by atoms with E-state index in [0.717, 1.165) is 49.5 Å². The van der Waals surface area contributed by atoms with E-state index >= 15 is 0 Å². The molecular weight excluding hydrogens is 330 g/mol. The molecule has 0 radical (unpaired) electrons. The molecular formula is C21H25NO4. The Balaban J connectivity index is 1.53. The number of carboxylic acids is 1. The van der Waals surface area contributed by atoms with Gasteiger partial charge in [-0.1, -0.05) is 18.2 Å². The molecule has 1 atom stereocenters. The molecule has 3 rings (SSSR count). The number of benzene rings is 2. The number of carboxylic acid groups (broad SMARTS) is 1. The van der Waals surface area contributed by atoms with E-state index in [1.807, 2.05) is 42.5 Å². The first-order chi connectivity index (χ1) is 12.7. The zero-order valence-electron chi connectivity index (χ0n) is 15.1. The summed E-state index contributed by atoms with van der Waals surface area (Å²) in [6.45, 7) is 3.46.